The smallest absolute Gasteiger partial charge is 0.748 e. The number of rotatable bonds is 2. The molecule has 0 bridgehead atoms. The Hall–Kier alpha value is -0.330. The largest absolute Gasteiger partial charge is 1.00 e. The van der Waals surface area contributed by atoms with Crippen LogP contribution >= 0.6 is 0 Å². The Bertz CT molecular complexity index is 561. The Labute approximate surface area is 110 Å². The van der Waals surface area contributed by atoms with Crippen molar-refractivity contribution in [1.82, 2.24) is 4.98 Å². The van der Waals surface area contributed by atoms with Crippen molar-refractivity contribution in [3.05, 3.63) is 36.0 Å². The molecular formula is C9H8NNaO3S. The summed E-state index contributed by atoms with van der Waals surface area (Å²) in [6.45, 7) is 0. The molecule has 0 saturated carbocycles. The molecule has 2 aromatic rings. The average Bonchev–Trinajstić information content (AvgIpc) is 2.47. The van der Waals surface area contributed by atoms with Crippen LogP contribution in [0.4, 0.5) is 0 Å². The molecule has 6 heteroatoms. The third kappa shape index (κ3) is 3.06. The maximum Gasteiger partial charge on any atom is 1.00 e. The Morgan fingerprint density at radius 1 is 1.27 bits per heavy atom. The van der Waals surface area contributed by atoms with Crippen molar-refractivity contribution in [2.24, 2.45) is 0 Å². The van der Waals surface area contributed by atoms with E-state index >= 15 is 0 Å². The van der Waals surface area contributed by atoms with Gasteiger partial charge in [-0.15, -0.1) is 0 Å². The van der Waals surface area contributed by atoms with Crippen molar-refractivity contribution in [3.63, 3.8) is 0 Å². The predicted molar refractivity (Wildman–Crippen MR) is 51.7 cm³/mol. The van der Waals surface area contributed by atoms with Gasteiger partial charge in [-0.05, 0) is 11.6 Å². The van der Waals surface area contributed by atoms with Crippen molar-refractivity contribution < 1.29 is 42.5 Å². The summed E-state index contributed by atoms with van der Waals surface area (Å²) < 4.78 is 31.7. The third-order valence-corrected chi connectivity index (χ3v) is 2.67. The van der Waals surface area contributed by atoms with Gasteiger partial charge in [-0.1, -0.05) is 18.2 Å². The van der Waals surface area contributed by atoms with E-state index in [0.29, 0.717) is 5.56 Å². The molecule has 0 spiro atoms. The van der Waals surface area contributed by atoms with Crippen LogP contribution < -0.4 is 29.6 Å². The predicted octanol–water partition coefficient (Wildman–Crippen LogP) is -1.78. The van der Waals surface area contributed by atoms with Gasteiger partial charge in [0.1, 0.15) is 0 Å². The van der Waals surface area contributed by atoms with Crippen molar-refractivity contribution in [2.75, 3.05) is 0 Å². The van der Waals surface area contributed by atoms with E-state index < -0.39 is 15.9 Å². The number of para-hydroxylation sites is 1. The maximum absolute atomic E-state index is 10.6. The van der Waals surface area contributed by atoms with E-state index in [1.807, 2.05) is 12.1 Å². The standard InChI is InChI=1S/C9H9NO3S.Na/c11-14(12,13)6-7-5-10-9-4-2-1-3-8(7)9;/h1-5,10H,6H2,(H,11,12,13);/q;+1/p-1. The number of benzene rings is 1. The average molecular weight is 233 g/mol. The van der Waals surface area contributed by atoms with Crippen LogP contribution in [0.5, 0.6) is 0 Å². The van der Waals surface area contributed by atoms with E-state index in [4.69, 9.17) is 0 Å². The minimum atomic E-state index is -4.21. The zero-order valence-corrected chi connectivity index (χ0v) is 11.0. The van der Waals surface area contributed by atoms with Crippen LogP contribution in [0.1, 0.15) is 5.56 Å². The zero-order valence-electron chi connectivity index (χ0n) is 8.23. The van der Waals surface area contributed by atoms with Crippen molar-refractivity contribution >= 4 is 21.0 Å². The van der Waals surface area contributed by atoms with Gasteiger partial charge in [-0.2, -0.15) is 0 Å². The molecule has 74 valence electrons. The fourth-order valence-electron chi connectivity index (χ4n) is 1.44. The van der Waals surface area contributed by atoms with E-state index in [1.54, 1.807) is 18.3 Å². The SMILES string of the molecule is O=S(=O)([O-])Cc1c[nH]c2ccccc12.[Na+]. The Kier molecular flexibility index (Phi) is 3.97. The van der Waals surface area contributed by atoms with Crippen molar-refractivity contribution in [2.45, 2.75) is 5.75 Å². The molecule has 0 unspecified atom stereocenters. The molecule has 0 atom stereocenters. The second-order valence-electron chi connectivity index (χ2n) is 3.06. The molecule has 0 amide bonds. The van der Waals surface area contributed by atoms with Crippen LogP contribution in [0.2, 0.25) is 0 Å². The molecule has 0 aliphatic rings. The summed E-state index contributed by atoms with van der Waals surface area (Å²) in [6, 6.07) is 7.26. The summed E-state index contributed by atoms with van der Waals surface area (Å²) in [5.74, 6) is -0.461. The molecular weight excluding hydrogens is 225 g/mol. The van der Waals surface area contributed by atoms with Gasteiger partial charge < -0.3 is 9.54 Å². The van der Waals surface area contributed by atoms with Crippen LogP contribution in [-0.2, 0) is 15.9 Å². The first kappa shape index (κ1) is 12.7. The first-order chi connectivity index (χ1) is 6.56. The minimum absolute atomic E-state index is 0. The fourth-order valence-corrected chi connectivity index (χ4v) is 2.06. The van der Waals surface area contributed by atoms with Gasteiger partial charge in [0.25, 0.3) is 0 Å². The van der Waals surface area contributed by atoms with Gasteiger partial charge in [-0.25, -0.2) is 8.42 Å². The number of hydrogen-bond donors (Lipinski definition) is 1. The first-order valence-corrected chi connectivity index (χ1v) is 5.62. The first-order valence-electron chi connectivity index (χ1n) is 4.05. The summed E-state index contributed by atoms with van der Waals surface area (Å²) >= 11 is 0. The summed E-state index contributed by atoms with van der Waals surface area (Å²) in [7, 11) is -4.21. The molecule has 4 nitrogen and oxygen atoms in total. The van der Waals surface area contributed by atoms with Gasteiger partial charge in [0.2, 0.25) is 0 Å². The van der Waals surface area contributed by atoms with Gasteiger partial charge in [0, 0.05) is 17.1 Å². The number of H-pyrrole nitrogens is 1. The topological polar surface area (TPSA) is 73.0 Å². The van der Waals surface area contributed by atoms with E-state index in [9.17, 15) is 13.0 Å². The third-order valence-electron chi connectivity index (χ3n) is 2.01. The van der Waals surface area contributed by atoms with E-state index in [2.05, 4.69) is 4.98 Å². The zero-order chi connectivity index (χ0) is 10.2. The number of hydrogen-bond acceptors (Lipinski definition) is 3. The maximum atomic E-state index is 10.6. The number of aromatic nitrogens is 1. The molecule has 0 aliphatic heterocycles. The van der Waals surface area contributed by atoms with E-state index in [-0.39, 0.29) is 29.6 Å². The second kappa shape index (κ2) is 4.67. The molecule has 1 aromatic heterocycles. The Morgan fingerprint density at radius 2 is 1.93 bits per heavy atom. The van der Waals surface area contributed by atoms with Gasteiger partial charge in [-0.3, -0.25) is 0 Å². The summed E-state index contributed by atoms with van der Waals surface area (Å²) in [6.07, 6.45) is 1.56. The van der Waals surface area contributed by atoms with Gasteiger partial charge in [0.05, 0.1) is 15.9 Å². The number of aromatic amines is 1. The van der Waals surface area contributed by atoms with Crippen LogP contribution in [0.15, 0.2) is 30.5 Å². The van der Waals surface area contributed by atoms with Crippen LogP contribution in [0.3, 0.4) is 0 Å². The normalized spacial score (nSPS) is 11.3. The monoisotopic (exact) mass is 233 g/mol. The molecule has 1 heterocycles. The Balaban J connectivity index is 0.00000112. The van der Waals surface area contributed by atoms with E-state index in [0.717, 1.165) is 10.9 Å². The van der Waals surface area contributed by atoms with E-state index in [1.165, 1.54) is 0 Å². The fraction of sp³-hybridized carbons (Fsp3) is 0.111. The van der Waals surface area contributed by atoms with Crippen molar-refractivity contribution in [3.8, 4) is 0 Å². The van der Waals surface area contributed by atoms with Crippen LogP contribution in [0.25, 0.3) is 10.9 Å². The summed E-state index contributed by atoms with van der Waals surface area (Å²) in [5.41, 5.74) is 1.36. The van der Waals surface area contributed by atoms with Gasteiger partial charge in [0.15, 0.2) is 0 Å². The van der Waals surface area contributed by atoms with Gasteiger partial charge >= 0.3 is 29.6 Å². The molecule has 0 radical (unpaired) electrons. The van der Waals surface area contributed by atoms with Crippen LogP contribution in [0, 0.1) is 0 Å². The Morgan fingerprint density at radius 3 is 2.60 bits per heavy atom. The number of nitrogens with one attached hydrogen (secondary N) is 1. The molecule has 1 aromatic carbocycles. The molecule has 1 N–H and O–H groups in total. The minimum Gasteiger partial charge on any atom is -0.748 e. The molecule has 0 aliphatic carbocycles. The second-order valence-corrected chi connectivity index (χ2v) is 4.47. The molecule has 0 fully saturated rings. The summed E-state index contributed by atoms with van der Waals surface area (Å²) in [4.78, 5) is 2.91. The summed E-state index contributed by atoms with van der Waals surface area (Å²) in [5, 5.41) is 0.784. The molecule has 2 rings (SSSR count). The molecule has 15 heavy (non-hydrogen) atoms. The molecule has 0 saturated heterocycles. The van der Waals surface area contributed by atoms with Crippen LogP contribution in [-0.4, -0.2) is 18.0 Å². The van der Waals surface area contributed by atoms with Crippen molar-refractivity contribution in [1.29, 1.82) is 0 Å². The number of fused-ring (bicyclic) bond motifs is 1. The quantitative estimate of drug-likeness (QED) is 0.492.